The first-order valence-electron chi connectivity index (χ1n) is 7.27. The van der Waals surface area contributed by atoms with Crippen LogP contribution >= 0.6 is 0 Å². The maximum Gasteiger partial charge on any atom is 0.306 e. The van der Waals surface area contributed by atoms with Crippen LogP contribution in [0.25, 0.3) is 0 Å². The summed E-state index contributed by atoms with van der Waals surface area (Å²) in [4.78, 5) is 11.5. The summed E-state index contributed by atoms with van der Waals surface area (Å²) in [5.41, 5.74) is -0.348. The summed E-state index contributed by atoms with van der Waals surface area (Å²) in [6, 6.07) is 0. The van der Waals surface area contributed by atoms with Crippen molar-refractivity contribution in [3.8, 4) is 0 Å². The van der Waals surface area contributed by atoms with E-state index in [-0.39, 0.29) is 11.6 Å². The van der Waals surface area contributed by atoms with Gasteiger partial charge in [0.15, 0.2) is 0 Å². The summed E-state index contributed by atoms with van der Waals surface area (Å²) in [7, 11) is 0. The molecule has 0 atom stereocenters. The lowest BCUT2D eigenvalue weighted by Crippen LogP contribution is -2.23. The third-order valence-electron chi connectivity index (χ3n) is 3.25. The molecule has 0 bridgehead atoms. The van der Waals surface area contributed by atoms with E-state index in [4.69, 9.17) is 9.47 Å². The average Bonchev–Trinajstić information content (AvgIpc) is 2.27. The van der Waals surface area contributed by atoms with Gasteiger partial charge in [-0.1, -0.05) is 19.3 Å². The number of esters is 1. The Labute approximate surface area is 111 Å². The van der Waals surface area contributed by atoms with Crippen molar-refractivity contribution in [2.45, 2.75) is 71.3 Å². The number of unbranched alkanes of at least 4 members (excludes halogenated alkanes) is 2. The van der Waals surface area contributed by atoms with E-state index < -0.39 is 0 Å². The number of rotatable bonds is 6. The second-order valence-electron chi connectivity index (χ2n) is 6.24. The van der Waals surface area contributed by atoms with Crippen molar-refractivity contribution < 1.29 is 14.3 Å². The van der Waals surface area contributed by atoms with Crippen LogP contribution in [0.1, 0.15) is 65.7 Å². The van der Waals surface area contributed by atoms with Crippen LogP contribution < -0.4 is 0 Å². The molecule has 0 aromatic carbocycles. The third kappa shape index (κ3) is 7.70. The van der Waals surface area contributed by atoms with E-state index in [2.05, 4.69) is 0 Å². The SMILES string of the molecule is CC(C)(C)OC(=O)CCCCCC1CCOCC1. The summed E-state index contributed by atoms with van der Waals surface area (Å²) in [5.74, 6) is 0.786. The van der Waals surface area contributed by atoms with Gasteiger partial charge in [-0.25, -0.2) is 0 Å². The van der Waals surface area contributed by atoms with Gasteiger partial charge >= 0.3 is 5.97 Å². The van der Waals surface area contributed by atoms with Crippen molar-refractivity contribution in [3.05, 3.63) is 0 Å². The van der Waals surface area contributed by atoms with E-state index in [9.17, 15) is 4.79 Å². The second kappa shape index (κ2) is 7.78. The summed E-state index contributed by atoms with van der Waals surface area (Å²) >= 11 is 0. The Bertz CT molecular complexity index is 237. The van der Waals surface area contributed by atoms with Crippen molar-refractivity contribution in [2.24, 2.45) is 5.92 Å². The molecule has 0 saturated carbocycles. The molecular weight excluding hydrogens is 228 g/mol. The molecule has 1 saturated heterocycles. The zero-order valence-corrected chi connectivity index (χ0v) is 12.2. The normalized spacial score (nSPS) is 17.7. The molecule has 3 nitrogen and oxygen atoms in total. The predicted octanol–water partition coefficient (Wildman–Crippen LogP) is 3.71. The molecular formula is C15H28O3. The average molecular weight is 256 g/mol. The Hall–Kier alpha value is -0.570. The van der Waals surface area contributed by atoms with Crippen molar-refractivity contribution in [1.29, 1.82) is 0 Å². The third-order valence-corrected chi connectivity index (χ3v) is 3.25. The van der Waals surface area contributed by atoms with E-state index in [1.807, 2.05) is 20.8 Å². The lowest BCUT2D eigenvalue weighted by molar-refractivity contribution is -0.154. The van der Waals surface area contributed by atoms with Crippen LogP contribution in [-0.4, -0.2) is 24.8 Å². The molecule has 0 radical (unpaired) electrons. The molecule has 1 heterocycles. The zero-order valence-electron chi connectivity index (χ0n) is 12.2. The van der Waals surface area contributed by atoms with Crippen LogP contribution in [0.4, 0.5) is 0 Å². The maximum atomic E-state index is 11.5. The summed E-state index contributed by atoms with van der Waals surface area (Å²) in [6.45, 7) is 7.60. The molecule has 1 aliphatic rings. The number of hydrogen-bond acceptors (Lipinski definition) is 3. The van der Waals surface area contributed by atoms with Gasteiger partial charge < -0.3 is 9.47 Å². The summed E-state index contributed by atoms with van der Waals surface area (Å²) in [6.07, 6.45) is 7.60. The minimum Gasteiger partial charge on any atom is -0.460 e. The van der Waals surface area contributed by atoms with Crippen LogP contribution in [0.15, 0.2) is 0 Å². The van der Waals surface area contributed by atoms with Gasteiger partial charge in [-0.05, 0) is 46.0 Å². The fourth-order valence-corrected chi connectivity index (χ4v) is 2.31. The summed E-state index contributed by atoms with van der Waals surface area (Å²) in [5, 5.41) is 0. The molecule has 0 unspecified atom stereocenters. The molecule has 1 rings (SSSR count). The number of carbonyl (C=O) groups is 1. The van der Waals surface area contributed by atoms with Gasteiger partial charge in [0.25, 0.3) is 0 Å². The first kappa shape index (κ1) is 15.5. The molecule has 0 aromatic heterocycles. The van der Waals surface area contributed by atoms with E-state index >= 15 is 0 Å². The topological polar surface area (TPSA) is 35.5 Å². The monoisotopic (exact) mass is 256 g/mol. The fraction of sp³-hybridized carbons (Fsp3) is 0.933. The standard InChI is InChI=1S/C15H28O3/c1-15(2,3)18-14(16)8-6-4-5-7-13-9-11-17-12-10-13/h13H,4-12H2,1-3H3. The van der Waals surface area contributed by atoms with Gasteiger partial charge in [0.1, 0.15) is 5.60 Å². The quantitative estimate of drug-likeness (QED) is 0.537. The minimum atomic E-state index is -0.348. The molecule has 1 fully saturated rings. The van der Waals surface area contributed by atoms with E-state index in [1.165, 1.54) is 25.7 Å². The summed E-state index contributed by atoms with van der Waals surface area (Å²) < 4.78 is 10.6. The molecule has 106 valence electrons. The largest absolute Gasteiger partial charge is 0.460 e. The Kier molecular flexibility index (Phi) is 6.69. The fourth-order valence-electron chi connectivity index (χ4n) is 2.31. The van der Waals surface area contributed by atoms with Gasteiger partial charge in [0.2, 0.25) is 0 Å². The number of carbonyl (C=O) groups excluding carboxylic acids is 1. The number of ether oxygens (including phenoxy) is 2. The second-order valence-corrected chi connectivity index (χ2v) is 6.24. The van der Waals surface area contributed by atoms with Gasteiger partial charge in [0.05, 0.1) is 0 Å². The lowest BCUT2D eigenvalue weighted by Gasteiger charge is -2.21. The Balaban J connectivity index is 1.96. The van der Waals surface area contributed by atoms with Crippen molar-refractivity contribution in [1.82, 2.24) is 0 Å². The predicted molar refractivity (Wildman–Crippen MR) is 72.5 cm³/mol. The zero-order chi connectivity index (χ0) is 13.4. The smallest absolute Gasteiger partial charge is 0.306 e. The number of hydrogen-bond donors (Lipinski definition) is 0. The van der Waals surface area contributed by atoms with Crippen LogP contribution in [-0.2, 0) is 14.3 Å². The maximum absolute atomic E-state index is 11.5. The van der Waals surface area contributed by atoms with Crippen LogP contribution in [0.5, 0.6) is 0 Å². The van der Waals surface area contributed by atoms with Crippen molar-refractivity contribution in [3.63, 3.8) is 0 Å². The highest BCUT2D eigenvalue weighted by Gasteiger charge is 2.16. The van der Waals surface area contributed by atoms with Gasteiger partial charge in [-0.15, -0.1) is 0 Å². The van der Waals surface area contributed by atoms with Crippen LogP contribution in [0.2, 0.25) is 0 Å². The highest BCUT2D eigenvalue weighted by atomic mass is 16.6. The molecule has 0 N–H and O–H groups in total. The molecule has 0 spiro atoms. The van der Waals surface area contributed by atoms with Crippen molar-refractivity contribution in [2.75, 3.05) is 13.2 Å². The molecule has 18 heavy (non-hydrogen) atoms. The van der Waals surface area contributed by atoms with Gasteiger partial charge in [-0.2, -0.15) is 0 Å². The minimum absolute atomic E-state index is 0.0615. The first-order chi connectivity index (χ1) is 8.47. The van der Waals surface area contributed by atoms with Crippen LogP contribution in [0.3, 0.4) is 0 Å². The molecule has 1 aliphatic heterocycles. The van der Waals surface area contributed by atoms with E-state index in [0.717, 1.165) is 32.0 Å². The Morgan fingerprint density at radius 3 is 2.44 bits per heavy atom. The van der Waals surface area contributed by atoms with Gasteiger partial charge in [0, 0.05) is 19.6 Å². The Morgan fingerprint density at radius 2 is 1.83 bits per heavy atom. The lowest BCUT2D eigenvalue weighted by atomic mass is 9.93. The highest BCUT2D eigenvalue weighted by Crippen LogP contribution is 2.21. The highest BCUT2D eigenvalue weighted by molar-refractivity contribution is 5.69. The molecule has 3 heteroatoms. The van der Waals surface area contributed by atoms with Crippen LogP contribution in [0, 0.1) is 5.92 Å². The first-order valence-corrected chi connectivity index (χ1v) is 7.27. The van der Waals surface area contributed by atoms with E-state index in [0.29, 0.717) is 6.42 Å². The van der Waals surface area contributed by atoms with Crippen molar-refractivity contribution >= 4 is 5.97 Å². The molecule has 0 aromatic rings. The molecule has 0 amide bonds. The van der Waals surface area contributed by atoms with E-state index in [1.54, 1.807) is 0 Å². The Morgan fingerprint density at radius 1 is 1.17 bits per heavy atom. The van der Waals surface area contributed by atoms with Gasteiger partial charge in [-0.3, -0.25) is 4.79 Å². The molecule has 0 aliphatic carbocycles.